The number of benzene rings is 2. The van der Waals surface area contributed by atoms with Gasteiger partial charge in [-0.25, -0.2) is 26.5 Å². The number of carbonyl (C=O) groups is 2. The molecule has 34 heavy (non-hydrogen) atoms. The summed E-state index contributed by atoms with van der Waals surface area (Å²) >= 11 is 1.31. The van der Waals surface area contributed by atoms with E-state index in [-0.39, 0.29) is 35.8 Å². The summed E-state index contributed by atoms with van der Waals surface area (Å²) in [5, 5.41) is 4.89. The fraction of sp³-hybridized carbons (Fsp3) is 0.227. The number of rotatable bonds is 10. The zero-order valence-corrected chi connectivity index (χ0v) is 20.9. The lowest BCUT2D eigenvalue weighted by Gasteiger charge is -2.06. The zero-order valence-electron chi connectivity index (χ0n) is 18.4. The molecule has 2 aromatic carbocycles. The van der Waals surface area contributed by atoms with Crippen LogP contribution in [0.1, 0.15) is 20.9 Å². The third-order valence-electron chi connectivity index (χ3n) is 4.63. The van der Waals surface area contributed by atoms with Crippen LogP contribution in [0.2, 0.25) is 0 Å². The second-order valence-electron chi connectivity index (χ2n) is 7.62. The van der Waals surface area contributed by atoms with Crippen molar-refractivity contribution in [2.75, 3.05) is 19.1 Å². The largest absolute Gasteiger partial charge is 0.345 e. The van der Waals surface area contributed by atoms with E-state index in [2.05, 4.69) is 15.0 Å². The minimum absolute atomic E-state index is 0.0259. The number of nitrogens with zero attached hydrogens (tertiary/aromatic N) is 1. The summed E-state index contributed by atoms with van der Waals surface area (Å²) in [6, 6.07) is 12.9. The fourth-order valence-corrected chi connectivity index (χ4v) is 4.89. The number of nitrogens with one attached hydrogen (secondary N) is 2. The second-order valence-corrected chi connectivity index (χ2v) is 12.4. The highest BCUT2D eigenvalue weighted by molar-refractivity contribution is 7.90. The first-order chi connectivity index (χ1) is 15.9. The molecule has 0 fully saturated rings. The molecule has 1 heterocycles. The van der Waals surface area contributed by atoms with Gasteiger partial charge in [0.25, 0.3) is 5.91 Å². The molecule has 9 nitrogen and oxygen atoms in total. The normalized spacial score (nSPS) is 11.8. The van der Waals surface area contributed by atoms with E-state index in [1.165, 1.54) is 35.6 Å². The molecule has 12 heteroatoms. The molecule has 0 aliphatic rings. The van der Waals surface area contributed by atoms with Crippen LogP contribution in [0.3, 0.4) is 0 Å². The lowest BCUT2D eigenvalue weighted by molar-refractivity contribution is -0.117. The summed E-state index contributed by atoms with van der Waals surface area (Å²) in [7, 11) is -6.75. The third kappa shape index (κ3) is 7.55. The Morgan fingerprint density at radius 2 is 1.74 bits per heavy atom. The van der Waals surface area contributed by atoms with E-state index in [9.17, 15) is 26.4 Å². The standard InChI is InChI=1S/C22H23N3O6S3/c1-33(28,29)19-8-4-7-17(10-19)22(27)23-13-18(26)11-21-25-20(14-32-21)16-6-3-5-15(9-16)12-24-34(2,30)31/h3-10,14,24H,11-13H2,1-2H3,(H,23,27). The Morgan fingerprint density at radius 1 is 1.00 bits per heavy atom. The van der Waals surface area contributed by atoms with Crippen LogP contribution in [0.15, 0.2) is 58.8 Å². The number of sulfonamides is 1. The summed E-state index contributed by atoms with van der Waals surface area (Å²) in [4.78, 5) is 29.1. The quantitative estimate of drug-likeness (QED) is 0.415. The third-order valence-corrected chi connectivity index (χ3v) is 7.26. The average molecular weight is 522 g/mol. The number of hydrogen-bond donors (Lipinski definition) is 2. The van der Waals surface area contributed by atoms with E-state index in [1.807, 2.05) is 12.1 Å². The number of aromatic nitrogens is 1. The van der Waals surface area contributed by atoms with Gasteiger partial charge in [0.15, 0.2) is 15.6 Å². The zero-order chi connectivity index (χ0) is 24.9. The summed E-state index contributed by atoms with van der Waals surface area (Å²) in [6.45, 7) is -0.0571. The van der Waals surface area contributed by atoms with Crippen LogP contribution in [0.4, 0.5) is 0 Å². The maximum atomic E-state index is 12.3. The van der Waals surface area contributed by atoms with Crippen molar-refractivity contribution in [3.05, 3.63) is 70.0 Å². The van der Waals surface area contributed by atoms with Gasteiger partial charge < -0.3 is 5.32 Å². The predicted molar refractivity (Wildman–Crippen MR) is 130 cm³/mol. The van der Waals surface area contributed by atoms with Crippen LogP contribution < -0.4 is 10.0 Å². The van der Waals surface area contributed by atoms with Crippen LogP contribution in [-0.4, -0.2) is 52.6 Å². The van der Waals surface area contributed by atoms with Gasteiger partial charge in [0, 0.05) is 29.3 Å². The Labute approximate surface area is 202 Å². The van der Waals surface area contributed by atoms with Gasteiger partial charge in [-0.15, -0.1) is 11.3 Å². The van der Waals surface area contributed by atoms with Crippen molar-refractivity contribution >= 4 is 42.9 Å². The maximum absolute atomic E-state index is 12.3. The average Bonchev–Trinajstić information content (AvgIpc) is 3.24. The minimum Gasteiger partial charge on any atom is -0.345 e. The molecule has 1 amide bonds. The highest BCUT2D eigenvalue weighted by Crippen LogP contribution is 2.23. The predicted octanol–water partition coefficient (Wildman–Crippen LogP) is 1.80. The number of thiazole rings is 1. The number of ketones is 1. The summed E-state index contributed by atoms with van der Waals surface area (Å²) in [5.41, 5.74) is 2.38. The molecule has 0 saturated heterocycles. The number of Topliss-reactive ketones (excluding diaryl/α,β-unsaturated/α-hetero) is 1. The van der Waals surface area contributed by atoms with E-state index in [0.29, 0.717) is 10.7 Å². The van der Waals surface area contributed by atoms with E-state index >= 15 is 0 Å². The smallest absolute Gasteiger partial charge is 0.251 e. The van der Waals surface area contributed by atoms with Gasteiger partial charge in [-0.2, -0.15) is 0 Å². The Hall–Kier alpha value is -2.93. The lowest BCUT2D eigenvalue weighted by Crippen LogP contribution is -2.30. The van der Waals surface area contributed by atoms with Crippen molar-refractivity contribution in [1.29, 1.82) is 0 Å². The monoisotopic (exact) mass is 521 g/mol. The summed E-state index contributed by atoms with van der Waals surface area (Å²) < 4.78 is 48.3. The van der Waals surface area contributed by atoms with Crippen LogP contribution in [0, 0.1) is 0 Å². The van der Waals surface area contributed by atoms with E-state index in [1.54, 1.807) is 17.5 Å². The number of amides is 1. The molecule has 0 bridgehead atoms. The van der Waals surface area contributed by atoms with E-state index in [4.69, 9.17) is 0 Å². The minimum atomic E-state index is -3.45. The number of sulfone groups is 1. The van der Waals surface area contributed by atoms with Crippen molar-refractivity contribution in [2.24, 2.45) is 0 Å². The molecule has 0 unspecified atom stereocenters. The Balaban J connectivity index is 1.58. The highest BCUT2D eigenvalue weighted by atomic mass is 32.2. The topological polar surface area (TPSA) is 139 Å². The second kappa shape index (κ2) is 10.6. The number of hydrogen-bond acceptors (Lipinski definition) is 8. The fourth-order valence-electron chi connectivity index (χ4n) is 2.96. The molecule has 0 atom stereocenters. The Kier molecular flexibility index (Phi) is 7.97. The van der Waals surface area contributed by atoms with Crippen LogP contribution in [0.25, 0.3) is 11.3 Å². The molecule has 0 saturated carbocycles. The van der Waals surface area contributed by atoms with E-state index in [0.717, 1.165) is 23.6 Å². The molecular formula is C22H23N3O6S3. The maximum Gasteiger partial charge on any atom is 0.251 e. The Morgan fingerprint density at radius 3 is 2.44 bits per heavy atom. The molecule has 2 N–H and O–H groups in total. The van der Waals surface area contributed by atoms with Crippen molar-refractivity contribution in [2.45, 2.75) is 17.9 Å². The summed E-state index contributed by atoms with van der Waals surface area (Å²) in [6.07, 6.45) is 2.18. The van der Waals surface area contributed by atoms with Gasteiger partial charge in [0.2, 0.25) is 10.0 Å². The van der Waals surface area contributed by atoms with Crippen LogP contribution in [-0.2, 0) is 37.6 Å². The molecule has 0 spiro atoms. The molecule has 0 radical (unpaired) electrons. The van der Waals surface area contributed by atoms with Gasteiger partial charge in [0.05, 0.1) is 29.8 Å². The van der Waals surface area contributed by atoms with Crippen molar-refractivity contribution in [1.82, 2.24) is 15.0 Å². The highest BCUT2D eigenvalue weighted by Gasteiger charge is 2.14. The first kappa shape index (κ1) is 25.7. The SMILES string of the molecule is CS(=O)(=O)NCc1cccc(-c2csc(CC(=O)CNC(=O)c3cccc(S(C)(=O)=O)c3)n2)c1. The molecule has 3 rings (SSSR count). The van der Waals surface area contributed by atoms with Gasteiger partial charge >= 0.3 is 0 Å². The molecule has 180 valence electrons. The van der Waals surface area contributed by atoms with Crippen LogP contribution in [0.5, 0.6) is 0 Å². The van der Waals surface area contributed by atoms with Gasteiger partial charge in [-0.05, 0) is 29.8 Å². The van der Waals surface area contributed by atoms with E-state index < -0.39 is 25.8 Å². The van der Waals surface area contributed by atoms with Crippen molar-refractivity contribution in [3.63, 3.8) is 0 Å². The van der Waals surface area contributed by atoms with Crippen LogP contribution >= 0.6 is 11.3 Å². The molecule has 3 aromatic rings. The van der Waals surface area contributed by atoms with Gasteiger partial charge in [0.1, 0.15) is 5.01 Å². The summed E-state index contributed by atoms with van der Waals surface area (Å²) in [5.74, 6) is -0.794. The first-order valence-electron chi connectivity index (χ1n) is 9.99. The number of carbonyl (C=O) groups excluding carboxylic acids is 2. The molecule has 1 aromatic heterocycles. The molecule has 0 aliphatic heterocycles. The molecular weight excluding hydrogens is 498 g/mol. The van der Waals surface area contributed by atoms with Gasteiger partial charge in [-0.1, -0.05) is 24.3 Å². The first-order valence-corrected chi connectivity index (χ1v) is 14.7. The van der Waals surface area contributed by atoms with Gasteiger partial charge in [-0.3, -0.25) is 9.59 Å². The Bertz CT molecular complexity index is 1430. The van der Waals surface area contributed by atoms with Crippen molar-refractivity contribution < 1.29 is 26.4 Å². The lowest BCUT2D eigenvalue weighted by atomic mass is 10.1. The van der Waals surface area contributed by atoms with Crippen molar-refractivity contribution in [3.8, 4) is 11.3 Å². The molecule has 0 aliphatic carbocycles.